The largest absolute Gasteiger partial charge is 0.408 e. The molecule has 0 spiro atoms. The van der Waals surface area contributed by atoms with Crippen LogP contribution >= 0.6 is 0 Å². The van der Waals surface area contributed by atoms with E-state index in [0.717, 1.165) is 6.61 Å². The summed E-state index contributed by atoms with van der Waals surface area (Å²) in [6.07, 6.45) is 7.70. The second kappa shape index (κ2) is 2.90. The summed E-state index contributed by atoms with van der Waals surface area (Å²) >= 11 is 0. The Bertz CT molecular complexity index is 99.6. The molecule has 0 aromatic rings. The molecule has 2 heteroatoms. The zero-order valence-electron chi connectivity index (χ0n) is 4.89. The van der Waals surface area contributed by atoms with Gasteiger partial charge in [0.25, 0.3) is 9.04 Å². The molecule has 1 aliphatic heterocycles. The lowest BCUT2D eigenvalue weighted by Gasteiger charge is -2.15. The molecule has 0 aromatic heterocycles. The van der Waals surface area contributed by atoms with Gasteiger partial charge in [-0.1, -0.05) is 6.42 Å². The summed E-state index contributed by atoms with van der Waals surface area (Å²) in [5, 5.41) is 0. The minimum atomic E-state index is -1.08. The van der Waals surface area contributed by atoms with Crippen molar-refractivity contribution in [1.29, 1.82) is 0 Å². The number of terminal acetylenes is 1. The van der Waals surface area contributed by atoms with Crippen molar-refractivity contribution in [2.24, 2.45) is 0 Å². The van der Waals surface area contributed by atoms with Crippen molar-refractivity contribution < 1.29 is 4.43 Å². The molecule has 1 heterocycles. The molecule has 0 N–H and O–H groups in total. The average Bonchev–Trinajstić information content (AvgIpc) is 1.90. The van der Waals surface area contributed by atoms with Crippen LogP contribution in [0.1, 0.15) is 12.8 Å². The highest BCUT2D eigenvalue weighted by Crippen LogP contribution is 2.08. The molecular formula is C6H10OSi. The van der Waals surface area contributed by atoms with Gasteiger partial charge in [0.1, 0.15) is 0 Å². The first-order valence-electron chi connectivity index (χ1n) is 3.01. The lowest BCUT2D eigenvalue weighted by Crippen LogP contribution is -2.20. The number of hydrogen-bond donors (Lipinski definition) is 0. The Morgan fingerprint density at radius 3 is 2.75 bits per heavy atom. The Hall–Kier alpha value is -0.263. The summed E-state index contributed by atoms with van der Waals surface area (Å²) in [5.41, 5.74) is 2.72. The summed E-state index contributed by atoms with van der Waals surface area (Å²) < 4.78 is 5.33. The van der Waals surface area contributed by atoms with Gasteiger partial charge >= 0.3 is 0 Å². The van der Waals surface area contributed by atoms with Gasteiger partial charge in [-0.25, -0.2) is 0 Å². The van der Waals surface area contributed by atoms with Crippen LogP contribution in [0.4, 0.5) is 0 Å². The number of rotatable bonds is 0. The van der Waals surface area contributed by atoms with Crippen LogP contribution in [0.5, 0.6) is 0 Å². The van der Waals surface area contributed by atoms with E-state index in [2.05, 4.69) is 5.54 Å². The van der Waals surface area contributed by atoms with Crippen LogP contribution in [0.25, 0.3) is 0 Å². The van der Waals surface area contributed by atoms with Crippen LogP contribution in [0.2, 0.25) is 6.04 Å². The molecule has 0 aromatic carbocycles. The van der Waals surface area contributed by atoms with Crippen molar-refractivity contribution in [3.05, 3.63) is 0 Å². The van der Waals surface area contributed by atoms with E-state index in [-0.39, 0.29) is 0 Å². The van der Waals surface area contributed by atoms with Crippen LogP contribution in [0.3, 0.4) is 0 Å². The Morgan fingerprint density at radius 1 is 1.50 bits per heavy atom. The van der Waals surface area contributed by atoms with Gasteiger partial charge in [0, 0.05) is 6.61 Å². The second-order valence-electron chi connectivity index (χ2n) is 2.02. The molecule has 1 saturated heterocycles. The van der Waals surface area contributed by atoms with Crippen molar-refractivity contribution in [2.45, 2.75) is 18.9 Å². The fraction of sp³-hybridized carbons (Fsp3) is 0.667. The van der Waals surface area contributed by atoms with Gasteiger partial charge in [-0.2, -0.15) is 0 Å². The Labute approximate surface area is 51.8 Å². The predicted octanol–water partition coefficient (Wildman–Crippen LogP) is 0.693. The Balaban J connectivity index is 2.25. The maximum absolute atomic E-state index is 5.33. The monoisotopic (exact) mass is 126 g/mol. The molecule has 1 unspecified atom stereocenters. The van der Waals surface area contributed by atoms with E-state index >= 15 is 0 Å². The van der Waals surface area contributed by atoms with E-state index in [1.54, 1.807) is 0 Å². The minimum Gasteiger partial charge on any atom is -0.408 e. The van der Waals surface area contributed by atoms with Gasteiger partial charge in [0.05, 0.1) is 0 Å². The quantitative estimate of drug-likeness (QED) is 0.343. The molecule has 1 fully saturated rings. The zero-order chi connectivity index (χ0) is 5.82. The van der Waals surface area contributed by atoms with Crippen LogP contribution in [-0.4, -0.2) is 15.6 Å². The first-order valence-corrected chi connectivity index (χ1v) is 4.88. The fourth-order valence-electron chi connectivity index (χ4n) is 0.872. The standard InChI is InChI=1S/C6H10OSi/c1-2-8-6-4-3-5-7-8/h1,8H,3-6H2. The van der Waals surface area contributed by atoms with Crippen molar-refractivity contribution in [1.82, 2.24) is 0 Å². The van der Waals surface area contributed by atoms with Crippen LogP contribution in [0, 0.1) is 12.0 Å². The third-order valence-corrected chi connectivity index (χ3v) is 3.31. The number of hydrogen-bond acceptors (Lipinski definition) is 1. The van der Waals surface area contributed by atoms with Crippen LogP contribution < -0.4 is 0 Å². The molecule has 1 aliphatic rings. The Morgan fingerprint density at radius 2 is 2.38 bits per heavy atom. The highest BCUT2D eigenvalue weighted by molar-refractivity contribution is 6.61. The summed E-state index contributed by atoms with van der Waals surface area (Å²) in [7, 11) is -1.08. The van der Waals surface area contributed by atoms with Crippen LogP contribution in [-0.2, 0) is 4.43 Å². The molecule has 0 radical (unpaired) electrons. The van der Waals surface area contributed by atoms with Gasteiger partial charge in [-0.3, -0.25) is 0 Å². The molecular weight excluding hydrogens is 116 g/mol. The average molecular weight is 126 g/mol. The fourth-order valence-corrected chi connectivity index (χ4v) is 2.41. The molecule has 0 saturated carbocycles. The molecule has 1 atom stereocenters. The third-order valence-electron chi connectivity index (χ3n) is 1.37. The van der Waals surface area contributed by atoms with Gasteiger partial charge < -0.3 is 4.43 Å². The molecule has 1 rings (SSSR count). The minimum absolute atomic E-state index is 0.918. The van der Waals surface area contributed by atoms with Gasteiger partial charge in [0.15, 0.2) is 0 Å². The van der Waals surface area contributed by atoms with E-state index in [1.165, 1.54) is 18.9 Å². The van der Waals surface area contributed by atoms with E-state index in [4.69, 9.17) is 10.8 Å². The molecule has 0 bridgehead atoms. The second-order valence-corrected chi connectivity index (χ2v) is 4.24. The molecule has 8 heavy (non-hydrogen) atoms. The first-order chi connectivity index (χ1) is 3.93. The maximum atomic E-state index is 5.33. The van der Waals surface area contributed by atoms with Crippen molar-refractivity contribution in [3.63, 3.8) is 0 Å². The molecule has 44 valence electrons. The van der Waals surface area contributed by atoms with E-state index in [0.29, 0.717) is 0 Å². The van der Waals surface area contributed by atoms with Gasteiger partial charge in [0.2, 0.25) is 0 Å². The summed E-state index contributed by atoms with van der Waals surface area (Å²) in [6, 6.07) is 1.19. The summed E-state index contributed by atoms with van der Waals surface area (Å²) in [5.74, 6) is 0. The smallest absolute Gasteiger partial charge is 0.255 e. The van der Waals surface area contributed by atoms with Crippen molar-refractivity contribution in [2.75, 3.05) is 6.61 Å². The van der Waals surface area contributed by atoms with E-state index < -0.39 is 9.04 Å². The molecule has 0 amide bonds. The van der Waals surface area contributed by atoms with Crippen LogP contribution in [0.15, 0.2) is 0 Å². The predicted molar refractivity (Wildman–Crippen MR) is 36.0 cm³/mol. The van der Waals surface area contributed by atoms with Crippen molar-refractivity contribution >= 4 is 9.04 Å². The van der Waals surface area contributed by atoms with Crippen molar-refractivity contribution in [3.8, 4) is 12.0 Å². The Kier molecular flexibility index (Phi) is 2.13. The highest BCUT2D eigenvalue weighted by Gasteiger charge is 2.11. The topological polar surface area (TPSA) is 9.23 Å². The van der Waals surface area contributed by atoms with Gasteiger partial charge in [-0.15, -0.1) is 12.0 Å². The highest BCUT2D eigenvalue weighted by atomic mass is 28.3. The normalized spacial score (nSPS) is 29.1. The van der Waals surface area contributed by atoms with Gasteiger partial charge in [-0.05, 0) is 12.5 Å². The summed E-state index contributed by atoms with van der Waals surface area (Å²) in [4.78, 5) is 0. The lowest BCUT2D eigenvalue weighted by molar-refractivity contribution is 0.295. The summed E-state index contributed by atoms with van der Waals surface area (Å²) in [6.45, 7) is 0.918. The molecule has 0 aliphatic carbocycles. The third kappa shape index (κ3) is 1.36. The zero-order valence-corrected chi connectivity index (χ0v) is 6.05. The van der Waals surface area contributed by atoms with E-state index in [9.17, 15) is 0 Å². The van der Waals surface area contributed by atoms with E-state index in [1.807, 2.05) is 0 Å². The molecule has 1 nitrogen and oxygen atoms in total. The first kappa shape index (κ1) is 5.87. The maximum Gasteiger partial charge on any atom is 0.255 e. The SMILES string of the molecule is C#C[SiH]1CCCCO1. The lowest BCUT2D eigenvalue weighted by atomic mass is 10.4.